The Hall–Kier alpha value is -0.980. The highest BCUT2D eigenvalue weighted by atomic mass is 16.5. The van der Waals surface area contributed by atoms with Gasteiger partial charge in [0.1, 0.15) is 5.75 Å². The van der Waals surface area contributed by atoms with Gasteiger partial charge in [-0.1, -0.05) is 19.1 Å². The van der Waals surface area contributed by atoms with Crippen molar-refractivity contribution in [2.75, 3.05) is 7.11 Å². The third-order valence-corrected chi connectivity index (χ3v) is 5.90. The SMILES string of the molecule is COc1ccc(C2(C)C3C4CCC(C4)C32)cc1. The lowest BCUT2D eigenvalue weighted by Gasteiger charge is -2.19. The van der Waals surface area contributed by atoms with Gasteiger partial charge in [0.25, 0.3) is 0 Å². The lowest BCUT2D eigenvalue weighted by Crippen LogP contribution is -2.13. The Labute approximate surface area is 103 Å². The lowest BCUT2D eigenvalue weighted by atomic mass is 9.85. The van der Waals surface area contributed by atoms with Gasteiger partial charge < -0.3 is 4.74 Å². The van der Waals surface area contributed by atoms with E-state index < -0.39 is 0 Å². The second kappa shape index (κ2) is 3.07. The molecule has 1 aromatic carbocycles. The normalized spacial score (nSPS) is 45.8. The minimum atomic E-state index is 0.496. The van der Waals surface area contributed by atoms with E-state index in [1.807, 2.05) is 0 Å². The molecule has 0 N–H and O–H groups in total. The fraction of sp³-hybridized carbons (Fsp3) is 0.625. The van der Waals surface area contributed by atoms with Gasteiger partial charge in [0, 0.05) is 0 Å². The molecule has 0 heterocycles. The van der Waals surface area contributed by atoms with Gasteiger partial charge in [-0.05, 0) is 66.0 Å². The van der Waals surface area contributed by atoms with Crippen molar-refractivity contribution in [2.45, 2.75) is 31.6 Å². The molecule has 4 rings (SSSR count). The van der Waals surface area contributed by atoms with Crippen LogP contribution in [0.5, 0.6) is 5.75 Å². The summed E-state index contributed by atoms with van der Waals surface area (Å²) in [5.41, 5.74) is 2.04. The second-order valence-corrected chi connectivity index (χ2v) is 6.40. The monoisotopic (exact) mass is 228 g/mol. The highest BCUT2D eigenvalue weighted by Gasteiger charge is 2.72. The molecule has 3 aliphatic rings. The standard InChI is InChI=1S/C16H20O/c1-16(12-5-7-13(17-2)8-6-12)14-10-3-4-11(9-10)15(14)16/h5-8,10-11,14-15H,3-4,9H2,1-2H3. The zero-order valence-corrected chi connectivity index (χ0v) is 10.6. The lowest BCUT2D eigenvalue weighted by molar-refractivity contribution is 0.412. The van der Waals surface area contributed by atoms with Gasteiger partial charge in [0.2, 0.25) is 0 Å². The summed E-state index contributed by atoms with van der Waals surface area (Å²) in [4.78, 5) is 0. The number of methoxy groups -OCH3 is 1. The first-order valence-electron chi connectivity index (χ1n) is 6.89. The molecule has 3 fully saturated rings. The van der Waals surface area contributed by atoms with E-state index in [0.29, 0.717) is 5.41 Å². The van der Waals surface area contributed by atoms with Gasteiger partial charge in [-0.3, -0.25) is 0 Å². The zero-order valence-electron chi connectivity index (χ0n) is 10.6. The minimum Gasteiger partial charge on any atom is -0.497 e. The fourth-order valence-electron chi connectivity index (χ4n) is 5.19. The van der Waals surface area contributed by atoms with Crippen molar-refractivity contribution in [2.24, 2.45) is 23.7 Å². The van der Waals surface area contributed by atoms with Gasteiger partial charge >= 0.3 is 0 Å². The molecule has 3 aliphatic carbocycles. The van der Waals surface area contributed by atoms with Crippen LogP contribution in [0.25, 0.3) is 0 Å². The Morgan fingerprint density at radius 3 is 2.18 bits per heavy atom. The van der Waals surface area contributed by atoms with Crippen LogP contribution in [-0.4, -0.2) is 7.11 Å². The molecule has 3 saturated carbocycles. The highest BCUT2D eigenvalue weighted by Crippen LogP contribution is 2.76. The maximum atomic E-state index is 5.25. The molecule has 4 unspecified atom stereocenters. The van der Waals surface area contributed by atoms with Crippen LogP contribution < -0.4 is 4.74 Å². The maximum Gasteiger partial charge on any atom is 0.118 e. The Bertz CT molecular complexity index is 431. The van der Waals surface area contributed by atoms with Gasteiger partial charge in [0.05, 0.1) is 7.11 Å². The third-order valence-electron chi connectivity index (χ3n) is 5.90. The third kappa shape index (κ3) is 1.10. The zero-order chi connectivity index (χ0) is 11.6. The van der Waals surface area contributed by atoms with Crippen molar-refractivity contribution in [3.05, 3.63) is 29.8 Å². The van der Waals surface area contributed by atoms with Crippen LogP contribution in [0.1, 0.15) is 31.7 Å². The molecule has 17 heavy (non-hydrogen) atoms. The van der Waals surface area contributed by atoms with Crippen LogP contribution >= 0.6 is 0 Å². The number of rotatable bonds is 2. The first-order valence-corrected chi connectivity index (χ1v) is 6.89. The van der Waals surface area contributed by atoms with Gasteiger partial charge in [-0.2, -0.15) is 0 Å². The summed E-state index contributed by atoms with van der Waals surface area (Å²) in [6, 6.07) is 8.82. The van der Waals surface area contributed by atoms with Crippen LogP contribution in [0, 0.1) is 23.7 Å². The fourth-order valence-corrected chi connectivity index (χ4v) is 5.19. The molecule has 1 aromatic rings. The number of hydrogen-bond donors (Lipinski definition) is 0. The molecule has 0 radical (unpaired) electrons. The predicted molar refractivity (Wildman–Crippen MR) is 68.2 cm³/mol. The largest absolute Gasteiger partial charge is 0.497 e. The van der Waals surface area contributed by atoms with Crippen molar-refractivity contribution >= 4 is 0 Å². The summed E-state index contributed by atoms with van der Waals surface area (Å²) < 4.78 is 5.25. The number of fused-ring (bicyclic) bond motifs is 5. The van der Waals surface area contributed by atoms with E-state index in [1.54, 1.807) is 12.7 Å². The summed E-state index contributed by atoms with van der Waals surface area (Å²) in [5, 5.41) is 0. The smallest absolute Gasteiger partial charge is 0.118 e. The highest BCUT2D eigenvalue weighted by molar-refractivity contribution is 5.41. The minimum absolute atomic E-state index is 0.496. The Morgan fingerprint density at radius 2 is 1.65 bits per heavy atom. The molecule has 0 saturated heterocycles. The molecular formula is C16H20O. The second-order valence-electron chi connectivity index (χ2n) is 6.40. The molecule has 0 aromatic heterocycles. The molecule has 1 heteroatoms. The molecule has 0 spiro atoms. The Balaban J connectivity index is 1.67. The molecule has 90 valence electrons. The van der Waals surface area contributed by atoms with E-state index in [4.69, 9.17) is 4.74 Å². The quantitative estimate of drug-likeness (QED) is 0.751. The van der Waals surface area contributed by atoms with Gasteiger partial charge in [-0.25, -0.2) is 0 Å². The van der Waals surface area contributed by atoms with Crippen LogP contribution in [-0.2, 0) is 5.41 Å². The molecular weight excluding hydrogens is 208 g/mol. The van der Waals surface area contributed by atoms with Crippen molar-refractivity contribution < 1.29 is 4.74 Å². The van der Waals surface area contributed by atoms with E-state index >= 15 is 0 Å². The molecule has 2 bridgehead atoms. The molecule has 0 aliphatic heterocycles. The average Bonchev–Trinajstić information content (AvgIpc) is 2.74. The maximum absolute atomic E-state index is 5.25. The average molecular weight is 228 g/mol. The van der Waals surface area contributed by atoms with Crippen LogP contribution in [0.3, 0.4) is 0 Å². The number of benzene rings is 1. The van der Waals surface area contributed by atoms with E-state index in [2.05, 4.69) is 31.2 Å². The summed E-state index contributed by atoms with van der Waals surface area (Å²) in [7, 11) is 1.74. The molecule has 0 amide bonds. The summed E-state index contributed by atoms with van der Waals surface area (Å²) >= 11 is 0. The van der Waals surface area contributed by atoms with E-state index in [9.17, 15) is 0 Å². The molecule has 4 atom stereocenters. The summed E-state index contributed by atoms with van der Waals surface area (Å²) in [5.74, 6) is 5.05. The Kier molecular flexibility index (Phi) is 1.80. The molecule has 1 nitrogen and oxygen atoms in total. The van der Waals surface area contributed by atoms with E-state index in [0.717, 1.165) is 29.4 Å². The summed E-state index contributed by atoms with van der Waals surface area (Å²) in [6.45, 7) is 2.49. The topological polar surface area (TPSA) is 9.23 Å². The van der Waals surface area contributed by atoms with Crippen LogP contribution in [0.15, 0.2) is 24.3 Å². The van der Waals surface area contributed by atoms with Gasteiger partial charge in [-0.15, -0.1) is 0 Å². The summed E-state index contributed by atoms with van der Waals surface area (Å²) in [6.07, 6.45) is 4.52. The van der Waals surface area contributed by atoms with Crippen LogP contribution in [0.2, 0.25) is 0 Å². The Morgan fingerprint density at radius 1 is 1.06 bits per heavy atom. The van der Waals surface area contributed by atoms with Gasteiger partial charge in [0.15, 0.2) is 0 Å². The van der Waals surface area contributed by atoms with Crippen molar-refractivity contribution in [1.29, 1.82) is 0 Å². The predicted octanol–water partition coefficient (Wildman–Crippen LogP) is 3.63. The first kappa shape index (κ1) is 9.99. The number of ether oxygens (including phenoxy) is 1. The van der Waals surface area contributed by atoms with Crippen molar-refractivity contribution in [3.63, 3.8) is 0 Å². The number of hydrogen-bond acceptors (Lipinski definition) is 1. The van der Waals surface area contributed by atoms with Crippen molar-refractivity contribution in [3.8, 4) is 5.75 Å². The van der Waals surface area contributed by atoms with Crippen molar-refractivity contribution in [1.82, 2.24) is 0 Å². The van der Waals surface area contributed by atoms with E-state index in [1.165, 1.54) is 19.3 Å². The van der Waals surface area contributed by atoms with Crippen LogP contribution in [0.4, 0.5) is 0 Å². The first-order chi connectivity index (χ1) is 8.25. The van der Waals surface area contributed by atoms with E-state index in [-0.39, 0.29) is 0 Å².